The molecule has 8 nitrogen and oxygen atoms in total. The van der Waals surface area contributed by atoms with Crippen LogP contribution in [-0.4, -0.2) is 62.7 Å². The Kier molecular flexibility index (Phi) is 9.82. The van der Waals surface area contributed by atoms with Crippen LogP contribution in [0.4, 0.5) is 17.6 Å². The molecule has 14 heteroatoms. The number of benzene rings is 1. The van der Waals surface area contributed by atoms with E-state index < -0.39 is 64.5 Å². The van der Waals surface area contributed by atoms with Crippen molar-refractivity contribution >= 4 is 40.9 Å². The molecule has 0 radical (unpaired) electrons. The second-order valence-corrected chi connectivity index (χ2v) is 12.1. The molecule has 0 aliphatic heterocycles. The Hall–Kier alpha value is -2.70. The first-order chi connectivity index (χ1) is 18.8. The third-order valence-electron chi connectivity index (χ3n) is 7.02. The number of hydrogen-bond acceptors (Lipinski definition) is 5. The molecule has 1 amide bonds. The second kappa shape index (κ2) is 12.3. The van der Waals surface area contributed by atoms with Gasteiger partial charge in [0.05, 0.1) is 57.6 Å². The number of ether oxygens (including phenoxy) is 1. The molecular formula is C27H31Cl2F4N3O5. The van der Waals surface area contributed by atoms with Gasteiger partial charge in [0.25, 0.3) is 5.91 Å². The number of carbonyl (C=O) groups excluding carboxylic acids is 2. The van der Waals surface area contributed by atoms with E-state index in [1.54, 1.807) is 27.7 Å². The van der Waals surface area contributed by atoms with Crippen molar-refractivity contribution in [3.63, 3.8) is 0 Å². The molecule has 1 N–H and O–H groups in total. The zero-order chi connectivity index (χ0) is 30.9. The minimum Gasteiger partial charge on any atom is -0.481 e. The van der Waals surface area contributed by atoms with Gasteiger partial charge < -0.3 is 14.7 Å². The van der Waals surface area contributed by atoms with E-state index in [0.717, 1.165) is 27.9 Å². The summed E-state index contributed by atoms with van der Waals surface area (Å²) in [6, 6.07) is 0.943. The second-order valence-electron chi connectivity index (χ2n) is 11.3. The largest absolute Gasteiger partial charge is 0.481 e. The molecule has 0 spiro atoms. The fourth-order valence-corrected chi connectivity index (χ4v) is 5.39. The quantitative estimate of drug-likeness (QED) is 0.246. The van der Waals surface area contributed by atoms with Crippen molar-refractivity contribution < 1.29 is 41.8 Å². The van der Waals surface area contributed by atoms with E-state index in [4.69, 9.17) is 27.9 Å². The molecule has 2 aromatic rings. The molecule has 41 heavy (non-hydrogen) atoms. The van der Waals surface area contributed by atoms with Gasteiger partial charge in [-0.05, 0) is 65.5 Å². The number of carboxylic acid groups (broad SMARTS) is 1. The number of aliphatic carboxylic acids is 1. The highest BCUT2D eigenvalue weighted by Crippen LogP contribution is 2.43. The number of Topliss-reactive ketones (excluding diaryl/α,β-unsaturated/α-hetero) is 1. The van der Waals surface area contributed by atoms with Crippen LogP contribution in [0.1, 0.15) is 85.8 Å². The predicted molar refractivity (Wildman–Crippen MR) is 143 cm³/mol. The number of carbonyl (C=O) groups is 3. The van der Waals surface area contributed by atoms with Crippen molar-refractivity contribution in [2.24, 2.45) is 5.41 Å². The summed E-state index contributed by atoms with van der Waals surface area (Å²) in [5.41, 5.74) is -4.05. The van der Waals surface area contributed by atoms with Gasteiger partial charge in [0.15, 0.2) is 11.5 Å². The average molecular weight is 624 g/mol. The van der Waals surface area contributed by atoms with Crippen molar-refractivity contribution in [3.8, 4) is 0 Å². The number of alkyl halides is 3. The van der Waals surface area contributed by atoms with Crippen LogP contribution in [0.2, 0.25) is 10.0 Å². The molecule has 1 fully saturated rings. The summed E-state index contributed by atoms with van der Waals surface area (Å²) < 4.78 is 63.2. The number of ketones is 1. The monoisotopic (exact) mass is 623 g/mol. The maximum Gasteiger partial charge on any atom is 0.433 e. The molecule has 0 saturated heterocycles. The highest BCUT2D eigenvalue weighted by Gasteiger charge is 2.45. The summed E-state index contributed by atoms with van der Waals surface area (Å²) in [5.74, 6) is -3.76. The molecule has 1 aliphatic carbocycles. The molecule has 226 valence electrons. The Morgan fingerprint density at radius 3 is 2.20 bits per heavy atom. The Morgan fingerprint density at radius 1 is 1.15 bits per heavy atom. The van der Waals surface area contributed by atoms with Gasteiger partial charge in [0, 0.05) is 6.54 Å². The molecule has 1 aromatic heterocycles. The smallest absolute Gasteiger partial charge is 0.433 e. The van der Waals surface area contributed by atoms with Crippen LogP contribution in [0.5, 0.6) is 0 Å². The summed E-state index contributed by atoms with van der Waals surface area (Å²) in [5, 5.41) is 12.7. The van der Waals surface area contributed by atoms with Crippen molar-refractivity contribution in [1.29, 1.82) is 0 Å². The maximum atomic E-state index is 14.4. The number of hydrogen-bond donors (Lipinski definition) is 1. The van der Waals surface area contributed by atoms with E-state index in [1.165, 1.54) is 0 Å². The Labute approximate surface area is 244 Å². The van der Waals surface area contributed by atoms with Crippen molar-refractivity contribution in [1.82, 2.24) is 14.7 Å². The number of rotatable bonds is 9. The van der Waals surface area contributed by atoms with E-state index in [1.807, 2.05) is 0 Å². The van der Waals surface area contributed by atoms with Crippen molar-refractivity contribution in [2.45, 2.75) is 71.2 Å². The van der Waals surface area contributed by atoms with Crippen molar-refractivity contribution in [3.05, 3.63) is 51.0 Å². The minimum absolute atomic E-state index is 0.112. The standard InChI is InChI=1S/C27H31Cl2F4N3O5/c1-25(2,3)41-10-9-35(14-20(37)21-18(28)11-15(30)12-19(21)29)23(38)17-13-34-36(22(17)27(31,32)33)16-5-7-26(4,8-6-16)24(39)40/h11-13,16H,5-10,14H2,1-4H3,(H,39,40). The number of aromatic nitrogens is 2. The lowest BCUT2D eigenvalue weighted by Crippen LogP contribution is -2.40. The number of carboxylic acids is 1. The van der Waals surface area contributed by atoms with Gasteiger partial charge in [-0.15, -0.1) is 0 Å². The summed E-state index contributed by atoms with van der Waals surface area (Å²) in [4.78, 5) is 39.2. The molecular weight excluding hydrogens is 593 g/mol. The Bertz CT molecular complexity index is 1290. The fraction of sp³-hybridized carbons (Fsp3) is 0.556. The van der Waals surface area contributed by atoms with Crippen LogP contribution >= 0.6 is 23.2 Å². The first kappa shape index (κ1) is 32.8. The van der Waals surface area contributed by atoms with Crippen LogP contribution in [0.3, 0.4) is 0 Å². The zero-order valence-corrected chi connectivity index (χ0v) is 24.5. The molecule has 0 unspecified atom stereocenters. The summed E-state index contributed by atoms with van der Waals surface area (Å²) >= 11 is 12.0. The first-order valence-electron chi connectivity index (χ1n) is 12.8. The highest BCUT2D eigenvalue weighted by atomic mass is 35.5. The fourth-order valence-electron chi connectivity index (χ4n) is 4.72. The summed E-state index contributed by atoms with van der Waals surface area (Å²) in [6.07, 6.45) is -3.68. The zero-order valence-electron chi connectivity index (χ0n) is 22.9. The lowest BCUT2D eigenvalue weighted by molar-refractivity contribution is -0.152. The first-order valence-corrected chi connectivity index (χ1v) is 13.6. The minimum atomic E-state index is -4.99. The van der Waals surface area contributed by atoms with Gasteiger partial charge in [-0.25, -0.2) is 4.39 Å². The van der Waals surface area contributed by atoms with Crippen LogP contribution in [0.25, 0.3) is 0 Å². The number of halogens is 6. The lowest BCUT2D eigenvalue weighted by atomic mass is 9.74. The van der Waals surface area contributed by atoms with E-state index in [9.17, 15) is 37.1 Å². The van der Waals surface area contributed by atoms with Crippen LogP contribution in [0.15, 0.2) is 18.3 Å². The Morgan fingerprint density at radius 2 is 1.71 bits per heavy atom. The lowest BCUT2D eigenvalue weighted by Gasteiger charge is -2.34. The Balaban J connectivity index is 1.96. The molecule has 0 bridgehead atoms. The van der Waals surface area contributed by atoms with Gasteiger partial charge in [-0.2, -0.15) is 18.3 Å². The predicted octanol–water partition coefficient (Wildman–Crippen LogP) is 6.69. The third-order valence-corrected chi connectivity index (χ3v) is 7.62. The average Bonchev–Trinajstić information content (AvgIpc) is 3.28. The third kappa shape index (κ3) is 7.78. The van der Waals surface area contributed by atoms with Crippen LogP contribution in [0, 0.1) is 11.2 Å². The van der Waals surface area contributed by atoms with E-state index in [2.05, 4.69) is 5.10 Å². The SMILES string of the molecule is CC(C)(C)OCCN(CC(=O)c1c(Cl)cc(F)cc1Cl)C(=O)c1cnn(C2CCC(C)(C(=O)O)CC2)c1C(F)(F)F. The van der Waals surface area contributed by atoms with E-state index in [-0.39, 0.29) is 54.4 Å². The van der Waals surface area contributed by atoms with Gasteiger partial charge >= 0.3 is 12.1 Å². The highest BCUT2D eigenvalue weighted by molar-refractivity contribution is 6.40. The summed E-state index contributed by atoms with van der Waals surface area (Å²) in [7, 11) is 0. The molecule has 1 aliphatic rings. The van der Waals surface area contributed by atoms with Gasteiger partial charge in [0.2, 0.25) is 0 Å². The molecule has 0 atom stereocenters. The van der Waals surface area contributed by atoms with E-state index in [0.29, 0.717) is 0 Å². The number of amides is 1. The van der Waals surface area contributed by atoms with Gasteiger partial charge in [-0.3, -0.25) is 19.1 Å². The maximum absolute atomic E-state index is 14.4. The summed E-state index contributed by atoms with van der Waals surface area (Å²) in [6.45, 7) is 5.68. The van der Waals surface area contributed by atoms with Gasteiger partial charge in [-0.1, -0.05) is 23.2 Å². The van der Waals surface area contributed by atoms with Crippen molar-refractivity contribution in [2.75, 3.05) is 19.7 Å². The topological polar surface area (TPSA) is 102 Å². The molecule has 1 heterocycles. The van der Waals surface area contributed by atoms with Gasteiger partial charge in [0.1, 0.15) is 5.82 Å². The van der Waals surface area contributed by atoms with Crippen LogP contribution < -0.4 is 0 Å². The van der Waals surface area contributed by atoms with Crippen LogP contribution in [-0.2, 0) is 15.7 Å². The number of nitrogens with zero attached hydrogens (tertiary/aromatic N) is 3. The van der Waals surface area contributed by atoms with E-state index >= 15 is 0 Å². The molecule has 3 rings (SSSR count). The molecule has 1 aromatic carbocycles. The normalized spacial score (nSPS) is 19.7. The molecule has 1 saturated carbocycles.